The van der Waals surface area contributed by atoms with E-state index in [9.17, 15) is 4.79 Å². The van der Waals surface area contributed by atoms with E-state index in [1.807, 2.05) is 17.9 Å². The van der Waals surface area contributed by atoms with E-state index < -0.39 is 0 Å². The number of hydrogen-bond acceptors (Lipinski definition) is 4. The number of nitrogens with one attached hydrogen (secondary N) is 1. The number of benzene rings is 1. The number of carbonyl (C=O) groups is 1. The van der Waals surface area contributed by atoms with E-state index in [-0.39, 0.29) is 5.91 Å². The fraction of sp³-hybridized carbons (Fsp3) is 0.450. The van der Waals surface area contributed by atoms with Crippen LogP contribution in [0.5, 0.6) is 0 Å². The van der Waals surface area contributed by atoms with Gasteiger partial charge in [-0.1, -0.05) is 37.1 Å². The van der Waals surface area contributed by atoms with Crippen LogP contribution in [0.25, 0.3) is 0 Å². The fourth-order valence-corrected chi connectivity index (χ4v) is 3.83. The summed E-state index contributed by atoms with van der Waals surface area (Å²) in [5, 5.41) is 3.40. The molecule has 1 saturated carbocycles. The first kappa shape index (κ1) is 16.1. The lowest BCUT2D eigenvalue weighted by molar-refractivity contribution is 0.0728. The summed E-state index contributed by atoms with van der Waals surface area (Å²) in [6.07, 6.45) is 5.72. The molecule has 0 bridgehead atoms. The predicted molar refractivity (Wildman–Crippen MR) is 97.5 cm³/mol. The molecule has 0 radical (unpaired) electrons. The summed E-state index contributed by atoms with van der Waals surface area (Å²) in [4.78, 5) is 23.8. The molecule has 1 aliphatic carbocycles. The molecule has 0 atom stereocenters. The number of fused-ring (bicyclic) bond motifs is 1. The van der Waals surface area contributed by atoms with Crippen LogP contribution in [0.3, 0.4) is 0 Å². The molecular formula is C20H24N4O. The van der Waals surface area contributed by atoms with Crippen molar-refractivity contribution in [2.24, 2.45) is 0 Å². The van der Waals surface area contributed by atoms with Crippen LogP contribution in [0, 0.1) is 6.92 Å². The van der Waals surface area contributed by atoms with E-state index in [0.717, 1.165) is 31.5 Å². The third-order valence-corrected chi connectivity index (χ3v) is 5.18. The lowest BCUT2D eigenvalue weighted by atomic mass is 10.00. The van der Waals surface area contributed by atoms with Gasteiger partial charge in [0.15, 0.2) is 0 Å². The molecule has 1 fully saturated rings. The molecule has 2 heterocycles. The Balaban J connectivity index is 1.53. The Kier molecular flexibility index (Phi) is 4.38. The molecule has 1 aromatic carbocycles. The quantitative estimate of drug-likeness (QED) is 0.934. The number of hydrogen-bond donors (Lipinski definition) is 1. The molecule has 1 N–H and O–H groups in total. The molecule has 0 spiro atoms. The van der Waals surface area contributed by atoms with Gasteiger partial charge in [0, 0.05) is 24.8 Å². The van der Waals surface area contributed by atoms with Gasteiger partial charge in [0.25, 0.3) is 5.91 Å². The lowest BCUT2D eigenvalue weighted by Crippen LogP contribution is -2.36. The second-order valence-corrected chi connectivity index (χ2v) is 7.09. The fourth-order valence-electron chi connectivity index (χ4n) is 3.83. The minimum Gasteiger partial charge on any atom is -0.351 e. The molecule has 130 valence electrons. The minimum atomic E-state index is -0.00512. The summed E-state index contributed by atoms with van der Waals surface area (Å²) in [6.45, 7) is 3.32. The Morgan fingerprint density at radius 2 is 1.92 bits per heavy atom. The number of carbonyl (C=O) groups excluding carboxylic acids is 1. The molecule has 5 heteroatoms. The van der Waals surface area contributed by atoms with Gasteiger partial charge in [-0.2, -0.15) is 0 Å². The van der Waals surface area contributed by atoms with Crippen molar-refractivity contribution in [3.05, 3.63) is 52.8 Å². The Labute approximate surface area is 148 Å². The summed E-state index contributed by atoms with van der Waals surface area (Å²) in [6, 6.07) is 10.6. The molecule has 1 aromatic heterocycles. The molecule has 25 heavy (non-hydrogen) atoms. The van der Waals surface area contributed by atoms with Crippen molar-refractivity contribution in [1.29, 1.82) is 0 Å². The standard InChI is InChI=1S/C20H24N4O/c1-14-12-18(23-20(21-14)22-17-8-4-5-9-17)19(25)24-11-10-15-6-2-3-7-16(15)13-24/h2-3,6-7,12,17H,4-5,8-11,13H2,1H3,(H,21,22,23). The van der Waals surface area contributed by atoms with Gasteiger partial charge in [-0.3, -0.25) is 4.79 Å². The molecule has 5 nitrogen and oxygen atoms in total. The van der Waals surface area contributed by atoms with Crippen molar-refractivity contribution in [3.8, 4) is 0 Å². The van der Waals surface area contributed by atoms with Crippen LogP contribution in [0.15, 0.2) is 30.3 Å². The highest BCUT2D eigenvalue weighted by atomic mass is 16.2. The van der Waals surface area contributed by atoms with Gasteiger partial charge in [-0.15, -0.1) is 0 Å². The summed E-state index contributed by atoms with van der Waals surface area (Å²) in [7, 11) is 0. The molecule has 2 aromatic rings. The van der Waals surface area contributed by atoms with Crippen molar-refractivity contribution in [1.82, 2.24) is 14.9 Å². The van der Waals surface area contributed by atoms with Gasteiger partial charge in [0.05, 0.1) is 0 Å². The van der Waals surface area contributed by atoms with Crippen LogP contribution in [-0.4, -0.2) is 33.4 Å². The zero-order chi connectivity index (χ0) is 17.2. The van der Waals surface area contributed by atoms with E-state index in [1.165, 1.54) is 24.0 Å². The Morgan fingerprint density at radius 1 is 1.16 bits per heavy atom. The topological polar surface area (TPSA) is 58.1 Å². The van der Waals surface area contributed by atoms with Gasteiger partial charge in [0.2, 0.25) is 5.95 Å². The van der Waals surface area contributed by atoms with E-state index in [1.54, 1.807) is 6.07 Å². The van der Waals surface area contributed by atoms with Gasteiger partial charge < -0.3 is 10.2 Å². The van der Waals surface area contributed by atoms with E-state index >= 15 is 0 Å². The highest BCUT2D eigenvalue weighted by Gasteiger charge is 2.24. The first-order chi connectivity index (χ1) is 12.2. The molecule has 0 saturated heterocycles. The van der Waals surface area contributed by atoms with E-state index in [0.29, 0.717) is 24.2 Å². The van der Waals surface area contributed by atoms with Crippen molar-refractivity contribution in [2.75, 3.05) is 11.9 Å². The average Bonchev–Trinajstić information content (AvgIpc) is 3.13. The lowest BCUT2D eigenvalue weighted by Gasteiger charge is -2.28. The SMILES string of the molecule is Cc1cc(C(=O)N2CCc3ccccc3C2)nc(NC2CCCC2)n1. The summed E-state index contributed by atoms with van der Waals surface area (Å²) < 4.78 is 0. The molecule has 1 aliphatic heterocycles. The first-order valence-corrected chi connectivity index (χ1v) is 9.17. The van der Waals surface area contributed by atoms with Crippen LogP contribution >= 0.6 is 0 Å². The van der Waals surface area contributed by atoms with Gasteiger partial charge >= 0.3 is 0 Å². The van der Waals surface area contributed by atoms with Crippen LogP contribution in [0.2, 0.25) is 0 Å². The maximum atomic E-state index is 13.0. The zero-order valence-corrected chi connectivity index (χ0v) is 14.7. The van der Waals surface area contributed by atoms with E-state index in [2.05, 4.69) is 33.5 Å². The van der Waals surface area contributed by atoms with Gasteiger partial charge in [-0.05, 0) is 43.4 Å². The zero-order valence-electron chi connectivity index (χ0n) is 14.7. The summed E-state index contributed by atoms with van der Waals surface area (Å²) in [5.74, 6) is 0.585. The van der Waals surface area contributed by atoms with Crippen molar-refractivity contribution in [3.63, 3.8) is 0 Å². The number of nitrogens with zero attached hydrogens (tertiary/aromatic N) is 3. The Morgan fingerprint density at radius 3 is 2.72 bits per heavy atom. The van der Waals surface area contributed by atoms with Gasteiger partial charge in [-0.25, -0.2) is 9.97 Å². The molecular weight excluding hydrogens is 312 g/mol. The highest BCUT2D eigenvalue weighted by Crippen LogP contribution is 2.22. The number of amides is 1. The Hall–Kier alpha value is -2.43. The number of rotatable bonds is 3. The van der Waals surface area contributed by atoms with Crippen molar-refractivity contribution >= 4 is 11.9 Å². The summed E-state index contributed by atoms with van der Waals surface area (Å²) in [5.41, 5.74) is 3.90. The normalized spacial score (nSPS) is 17.4. The highest BCUT2D eigenvalue weighted by molar-refractivity contribution is 5.92. The van der Waals surface area contributed by atoms with E-state index in [4.69, 9.17) is 0 Å². The van der Waals surface area contributed by atoms with Crippen molar-refractivity contribution < 1.29 is 4.79 Å². The number of aryl methyl sites for hydroxylation is 1. The van der Waals surface area contributed by atoms with Crippen LogP contribution in [0.1, 0.15) is 53.0 Å². The van der Waals surface area contributed by atoms with Crippen LogP contribution < -0.4 is 5.32 Å². The van der Waals surface area contributed by atoms with Crippen LogP contribution in [0.4, 0.5) is 5.95 Å². The third-order valence-electron chi connectivity index (χ3n) is 5.18. The monoisotopic (exact) mass is 336 g/mol. The largest absolute Gasteiger partial charge is 0.351 e. The van der Waals surface area contributed by atoms with Crippen LogP contribution in [-0.2, 0) is 13.0 Å². The predicted octanol–water partition coefficient (Wildman–Crippen LogP) is 3.34. The smallest absolute Gasteiger partial charge is 0.272 e. The average molecular weight is 336 g/mol. The number of anilines is 1. The third kappa shape index (κ3) is 3.50. The second kappa shape index (κ2) is 6.82. The molecule has 4 rings (SSSR count). The van der Waals surface area contributed by atoms with Gasteiger partial charge in [0.1, 0.15) is 5.69 Å². The molecule has 1 amide bonds. The number of aromatic nitrogens is 2. The summed E-state index contributed by atoms with van der Waals surface area (Å²) >= 11 is 0. The maximum absolute atomic E-state index is 13.0. The molecule has 0 unspecified atom stereocenters. The molecule has 2 aliphatic rings. The Bertz CT molecular complexity index is 783. The maximum Gasteiger partial charge on any atom is 0.272 e. The van der Waals surface area contributed by atoms with Crippen molar-refractivity contribution in [2.45, 2.75) is 51.6 Å². The first-order valence-electron chi connectivity index (χ1n) is 9.17. The minimum absolute atomic E-state index is 0.00512. The second-order valence-electron chi connectivity index (χ2n) is 7.09.